The normalized spacial score (nSPS) is 13.3. The molecule has 4 N–H and O–H groups in total. The summed E-state index contributed by atoms with van der Waals surface area (Å²) in [5, 5.41) is 14.8. The molecule has 0 spiro atoms. The van der Waals surface area contributed by atoms with Crippen molar-refractivity contribution in [2.24, 2.45) is 10.9 Å². The summed E-state index contributed by atoms with van der Waals surface area (Å²) in [5.41, 5.74) is 6.61. The lowest BCUT2D eigenvalue weighted by Gasteiger charge is -2.15. The van der Waals surface area contributed by atoms with E-state index in [0.717, 1.165) is 25.1 Å². The van der Waals surface area contributed by atoms with Gasteiger partial charge in [-0.1, -0.05) is 17.3 Å². The van der Waals surface area contributed by atoms with Gasteiger partial charge in [0.1, 0.15) is 11.6 Å². The van der Waals surface area contributed by atoms with Gasteiger partial charge in [-0.2, -0.15) is 0 Å². The van der Waals surface area contributed by atoms with Crippen LogP contribution in [-0.2, 0) is 0 Å². The van der Waals surface area contributed by atoms with Crippen molar-refractivity contribution >= 4 is 5.84 Å². The Morgan fingerprint density at radius 2 is 2.26 bits per heavy atom. The van der Waals surface area contributed by atoms with Crippen LogP contribution in [0.4, 0.5) is 0 Å². The molecule has 106 valence electrons. The zero-order valence-electron chi connectivity index (χ0n) is 11.6. The van der Waals surface area contributed by atoms with Crippen LogP contribution >= 0.6 is 0 Å². The summed E-state index contributed by atoms with van der Waals surface area (Å²) in [4.78, 5) is 0. The molecule has 1 aromatic rings. The molecule has 1 aromatic carbocycles. The van der Waals surface area contributed by atoms with Crippen LogP contribution in [0.25, 0.3) is 0 Å². The van der Waals surface area contributed by atoms with Crippen LogP contribution < -0.4 is 15.8 Å². The topological polar surface area (TPSA) is 79.9 Å². The lowest BCUT2D eigenvalue weighted by Crippen LogP contribution is -2.20. The van der Waals surface area contributed by atoms with E-state index < -0.39 is 0 Å². The molecular formula is C14H23N3O2. The zero-order valence-corrected chi connectivity index (χ0v) is 11.6. The van der Waals surface area contributed by atoms with Gasteiger partial charge in [0.25, 0.3) is 0 Å². The second-order valence-corrected chi connectivity index (χ2v) is 4.50. The molecule has 5 heteroatoms. The van der Waals surface area contributed by atoms with E-state index in [2.05, 4.69) is 23.5 Å². The summed E-state index contributed by atoms with van der Waals surface area (Å²) in [7, 11) is 1.67. The average Bonchev–Trinajstić information content (AvgIpc) is 2.46. The standard InChI is InChI=1S/C14H23N3O2/c1-11(12-6-5-7-13(10-12)19-2)16-9-4-3-8-14(15)17-18/h5-7,10-11,16,18H,3-4,8-9H2,1-2H3,(H2,15,17)/t11-/m0/s1. The van der Waals surface area contributed by atoms with E-state index in [4.69, 9.17) is 15.7 Å². The molecular weight excluding hydrogens is 242 g/mol. The van der Waals surface area contributed by atoms with Crippen LogP contribution in [0.2, 0.25) is 0 Å². The number of ether oxygens (including phenoxy) is 1. The maximum atomic E-state index is 8.41. The Balaban J connectivity index is 2.29. The SMILES string of the molecule is COc1cccc([C@H](C)NCCCC/C(N)=N/O)c1. The van der Waals surface area contributed by atoms with E-state index in [1.165, 1.54) is 5.56 Å². The molecule has 19 heavy (non-hydrogen) atoms. The second-order valence-electron chi connectivity index (χ2n) is 4.50. The van der Waals surface area contributed by atoms with Crippen molar-refractivity contribution in [1.29, 1.82) is 0 Å². The molecule has 0 radical (unpaired) electrons. The highest BCUT2D eigenvalue weighted by atomic mass is 16.5. The number of nitrogens with one attached hydrogen (secondary N) is 1. The first-order chi connectivity index (χ1) is 9.17. The fourth-order valence-corrected chi connectivity index (χ4v) is 1.83. The molecule has 0 saturated carbocycles. The third-order valence-electron chi connectivity index (χ3n) is 3.03. The molecule has 0 aliphatic carbocycles. The minimum Gasteiger partial charge on any atom is -0.497 e. The van der Waals surface area contributed by atoms with Crippen LogP contribution in [-0.4, -0.2) is 24.7 Å². The Morgan fingerprint density at radius 1 is 1.47 bits per heavy atom. The van der Waals surface area contributed by atoms with Crippen molar-refractivity contribution in [3.8, 4) is 5.75 Å². The first-order valence-electron chi connectivity index (χ1n) is 6.51. The Kier molecular flexibility index (Phi) is 6.74. The van der Waals surface area contributed by atoms with Gasteiger partial charge < -0.3 is 21.0 Å². The molecule has 0 bridgehead atoms. The lowest BCUT2D eigenvalue weighted by atomic mass is 10.1. The summed E-state index contributed by atoms with van der Waals surface area (Å²) in [6.07, 6.45) is 2.53. The van der Waals surface area contributed by atoms with E-state index >= 15 is 0 Å². The molecule has 0 aliphatic rings. The van der Waals surface area contributed by atoms with Crippen LogP contribution in [0, 0.1) is 0 Å². The van der Waals surface area contributed by atoms with Crippen LogP contribution in [0.3, 0.4) is 0 Å². The number of amidine groups is 1. The van der Waals surface area contributed by atoms with Crippen LogP contribution in [0.5, 0.6) is 5.75 Å². The molecule has 0 fully saturated rings. The van der Waals surface area contributed by atoms with Crippen LogP contribution in [0.1, 0.15) is 37.8 Å². The Bertz CT molecular complexity index is 407. The molecule has 0 unspecified atom stereocenters. The number of unbranched alkanes of at least 4 members (excludes halogenated alkanes) is 1. The highest BCUT2D eigenvalue weighted by molar-refractivity contribution is 5.79. The predicted octanol–water partition coefficient (Wildman–Crippen LogP) is 2.26. The Hall–Kier alpha value is -1.75. The summed E-state index contributed by atoms with van der Waals surface area (Å²) >= 11 is 0. The first kappa shape index (κ1) is 15.3. The highest BCUT2D eigenvalue weighted by Gasteiger charge is 2.05. The minimum absolute atomic E-state index is 0.277. The van der Waals surface area contributed by atoms with E-state index in [0.29, 0.717) is 12.3 Å². The maximum Gasteiger partial charge on any atom is 0.139 e. The molecule has 0 heterocycles. The van der Waals surface area contributed by atoms with Crippen molar-refractivity contribution in [2.75, 3.05) is 13.7 Å². The van der Waals surface area contributed by atoms with Gasteiger partial charge in [-0.05, 0) is 44.0 Å². The summed E-state index contributed by atoms with van der Waals surface area (Å²) in [6, 6.07) is 8.32. The van der Waals surface area contributed by atoms with Crippen molar-refractivity contribution in [3.63, 3.8) is 0 Å². The number of nitrogens with zero attached hydrogens (tertiary/aromatic N) is 1. The molecule has 0 amide bonds. The molecule has 1 rings (SSSR count). The number of hydrogen-bond donors (Lipinski definition) is 3. The monoisotopic (exact) mass is 265 g/mol. The molecule has 1 atom stereocenters. The van der Waals surface area contributed by atoms with E-state index in [9.17, 15) is 0 Å². The number of rotatable bonds is 8. The Morgan fingerprint density at radius 3 is 2.95 bits per heavy atom. The van der Waals surface area contributed by atoms with E-state index in [1.54, 1.807) is 7.11 Å². The largest absolute Gasteiger partial charge is 0.497 e. The molecule has 0 aromatic heterocycles. The second kappa shape index (κ2) is 8.37. The third-order valence-corrected chi connectivity index (χ3v) is 3.03. The summed E-state index contributed by atoms with van der Waals surface area (Å²) in [5.74, 6) is 1.17. The highest BCUT2D eigenvalue weighted by Crippen LogP contribution is 2.18. The van der Waals surface area contributed by atoms with Crippen molar-refractivity contribution in [2.45, 2.75) is 32.2 Å². The van der Waals surface area contributed by atoms with Gasteiger partial charge in [0.15, 0.2) is 0 Å². The molecule has 5 nitrogen and oxygen atoms in total. The summed E-state index contributed by atoms with van der Waals surface area (Å²) in [6.45, 7) is 3.02. The minimum atomic E-state index is 0.277. The molecule has 0 saturated heterocycles. The van der Waals surface area contributed by atoms with Crippen molar-refractivity contribution < 1.29 is 9.94 Å². The van der Waals surface area contributed by atoms with Gasteiger partial charge in [0, 0.05) is 12.5 Å². The zero-order chi connectivity index (χ0) is 14.1. The van der Waals surface area contributed by atoms with Crippen LogP contribution in [0.15, 0.2) is 29.4 Å². The van der Waals surface area contributed by atoms with E-state index in [-0.39, 0.29) is 6.04 Å². The number of nitrogens with two attached hydrogens (primary N) is 1. The third kappa shape index (κ3) is 5.61. The number of methoxy groups -OCH3 is 1. The van der Waals surface area contributed by atoms with Crippen molar-refractivity contribution in [3.05, 3.63) is 29.8 Å². The Labute approximate surface area is 114 Å². The van der Waals surface area contributed by atoms with Gasteiger partial charge in [0.05, 0.1) is 7.11 Å². The maximum absolute atomic E-state index is 8.41. The van der Waals surface area contributed by atoms with Gasteiger partial charge in [0.2, 0.25) is 0 Å². The van der Waals surface area contributed by atoms with Gasteiger partial charge in [-0.15, -0.1) is 0 Å². The van der Waals surface area contributed by atoms with Gasteiger partial charge >= 0.3 is 0 Å². The van der Waals surface area contributed by atoms with Gasteiger partial charge in [-0.25, -0.2) is 0 Å². The number of hydrogen-bond acceptors (Lipinski definition) is 4. The fraction of sp³-hybridized carbons (Fsp3) is 0.500. The summed E-state index contributed by atoms with van der Waals surface area (Å²) < 4.78 is 5.21. The first-order valence-corrected chi connectivity index (χ1v) is 6.51. The number of oxime groups is 1. The smallest absolute Gasteiger partial charge is 0.139 e. The quantitative estimate of drug-likeness (QED) is 0.221. The molecule has 0 aliphatic heterocycles. The number of benzene rings is 1. The predicted molar refractivity (Wildman–Crippen MR) is 76.7 cm³/mol. The lowest BCUT2D eigenvalue weighted by molar-refractivity contribution is 0.316. The van der Waals surface area contributed by atoms with Gasteiger partial charge in [-0.3, -0.25) is 0 Å². The average molecular weight is 265 g/mol. The van der Waals surface area contributed by atoms with Crippen molar-refractivity contribution in [1.82, 2.24) is 5.32 Å². The fourth-order valence-electron chi connectivity index (χ4n) is 1.83. The van der Waals surface area contributed by atoms with E-state index in [1.807, 2.05) is 18.2 Å².